The van der Waals surface area contributed by atoms with Gasteiger partial charge in [0, 0.05) is 36.5 Å². The molecule has 2 aromatic heterocycles. The summed E-state index contributed by atoms with van der Waals surface area (Å²) >= 11 is 0. The van der Waals surface area contributed by atoms with Crippen molar-refractivity contribution in [1.82, 2.24) is 9.72 Å². The number of aromatic nitrogens is 2. The molecule has 0 saturated carbocycles. The zero-order chi connectivity index (χ0) is 16.8. The number of benzene rings is 2. The molecule has 0 aliphatic carbocycles. The van der Waals surface area contributed by atoms with E-state index in [9.17, 15) is 9.18 Å². The number of halogens is 1. The number of nitrogen functional groups attached to an aromatic ring is 1. The van der Waals surface area contributed by atoms with Gasteiger partial charge in [0.05, 0.1) is 10.9 Å². The summed E-state index contributed by atoms with van der Waals surface area (Å²) in [5, 5.41) is 0.986. The summed E-state index contributed by atoms with van der Waals surface area (Å²) < 4.78 is 26.1. The fourth-order valence-electron chi connectivity index (χ4n) is 2.56. The molecule has 0 amide bonds. The van der Waals surface area contributed by atoms with E-state index in [4.69, 9.17) is 15.0 Å². The van der Waals surface area contributed by atoms with Crippen LogP contribution in [-0.4, -0.2) is 9.72 Å². The van der Waals surface area contributed by atoms with Gasteiger partial charge in [-0.1, -0.05) is 0 Å². The van der Waals surface area contributed by atoms with Gasteiger partial charge in [-0.05, 0) is 24.3 Å². The van der Waals surface area contributed by atoms with Gasteiger partial charge in [0.15, 0.2) is 17.1 Å². The summed E-state index contributed by atoms with van der Waals surface area (Å²) in [5.74, 6) is -0.147. The maximum absolute atomic E-state index is 14.0. The Balaban J connectivity index is 1.91. The van der Waals surface area contributed by atoms with E-state index in [0.29, 0.717) is 33.3 Å². The first kappa shape index (κ1) is 14.3. The number of anilines is 1. The summed E-state index contributed by atoms with van der Waals surface area (Å²) in [6, 6.07) is 9.07. The number of rotatable bonds is 2. The van der Waals surface area contributed by atoms with Crippen LogP contribution in [0.15, 0.2) is 51.9 Å². The first-order valence-corrected chi connectivity index (χ1v) is 7.14. The van der Waals surface area contributed by atoms with Gasteiger partial charge < -0.3 is 15.0 Å². The van der Waals surface area contributed by atoms with Gasteiger partial charge in [-0.2, -0.15) is 4.74 Å². The van der Waals surface area contributed by atoms with E-state index in [-0.39, 0.29) is 11.3 Å². The van der Waals surface area contributed by atoms with Crippen molar-refractivity contribution in [2.24, 2.45) is 7.05 Å². The topological polar surface area (TPSA) is 83.3 Å². The molecule has 0 saturated heterocycles. The molecule has 0 spiro atoms. The number of fused-ring (bicyclic) bond motifs is 2. The first-order valence-electron chi connectivity index (χ1n) is 7.14. The summed E-state index contributed by atoms with van der Waals surface area (Å²) in [6.45, 7) is 0. The van der Waals surface area contributed by atoms with Crippen LogP contribution >= 0.6 is 0 Å². The van der Waals surface area contributed by atoms with Crippen molar-refractivity contribution in [3.8, 4) is 11.5 Å². The Morgan fingerprint density at radius 3 is 2.79 bits per heavy atom. The maximum atomic E-state index is 14.0. The van der Waals surface area contributed by atoms with Crippen LogP contribution in [0.2, 0.25) is 0 Å². The zero-order valence-corrected chi connectivity index (χ0v) is 12.6. The van der Waals surface area contributed by atoms with E-state index in [1.54, 1.807) is 30.5 Å². The highest BCUT2D eigenvalue weighted by atomic mass is 19.1. The molecule has 4 aromatic rings. The highest BCUT2D eigenvalue weighted by Crippen LogP contribution is 2.32. The van der Waals surface area contributed by atoms with Crippen LogP contribution in [0.3, 0.4) is 0 Å². The number of nitrogens with two attached hydrogens (primary N) is 1. The predicted molar refractivity (Wildman–Crippen MR) is 87.6 cm³/mol. The second-order valence-electron chi connectivity index (χ2n) is 5.36. The molecule has 2 aromatic carbocycles. The monoisotopic (exact) mass is 325 g/mol. The smallest absolute Gasteiger partial charge is 0.290 e. The molecule has 0 aliphatic rings. The zero-order valence-electron chi connectivity index (χ0n) is 12.6. The van der Waals surface area contributed by atoms with Crippen molar-refractivity contribution in [3.63, 3.8) is 0 Å². The van der Waals surface area contributed by atoms with Crippen molar-refractivity contribution in [3.05, 3.63) is 58.8 Å². The Morgan fingerprint density at radius 2 is 2.00 bits per heavy atom. The Morgan fingerprint density at radius 1 is 1.17 bits per heavy atom. The largest absolute Gasteiger partial charge is 0.454 e. The van der Waals surface area contributed by atoms with E-state index >= 15 is 0 Å². The summed E-state index contributed by atoms with van der Waals surface area (Å²) in [5.41, 5.74) is 6.59. The molecule has 0 fully saturated rings. The lowest BCUT2D eigenvalue weighted by Crippen LogP contribution is -2.08. The molecule has 0 unspecified atom stereocenters. The number of pyridine rings is 1. The molecular formula is C17H12FN3O3. The van der Waals surface area contributed by atoms with Crippen molar-refractivity contribution in [1.29, 1.82) is 0 Å². The third-order valence-electron chi connectivity index (χ3n) is 3.73. The van der Waals surface area contributed by atoms with E-state index in [2.05, 4.69) is 4.98 Å². The third-order valence-corrected chi connectivity index (χ3v) is 3.73. The normalized spacial score (nSPS) is 11.2. The Kier molecular flexibility index (Phi) is 3.02. The van der Waals surface area contributed by atoms with Crippen LogP contribution in [0.1, 0.15) is 0 Å². The number of aryl methyl sites for hydroxylation is 1. The Labute approximate surface area is 134 Å². The lowest BCUT2D eigenvalue weighted by molar-refractivity contribution is 0.324. The molecule has 6 nitrogen and oxygen atoms in total. The molecule has 0 aliphatic heterocycles. The standard InChI is InChI=1S/C17H12FN3O3/c1-21-17(22)11-7-10-13(8-16(11)24-21)20-5-4-14(10)23-15-3-2-9(19)6-12(15)18/h2-8H,19H2,1H3. The average Bonchev–Trinajstić information content (AvgIpc) is 2.83. The fraction of sp³-hybridized carbons (Fsp3) is 0.0588. The van der Waals surface area contributed by atoms with Gasteiger partial charge >= 0.3 is 0 Å². The Hall–Kier alpha value is -3.35. The number of nitrogens with zero attached hydrogens (tertiary/aromatic N) is 2. The fourth-order valence-corrected chi connectivity index (χ4v) is 2.56. The van der Waals surface area contributed by atoms with Crippen molar-refractivity contribution < 1.29 is 13.7 Å². The summed E-state index contributed by atoms with van der Waals surface area (Å²) in [6.07, 6.45) is 1.54. The quantitative estimate of drug-likeness (QED) is 0.572. The summed E-state index contributed by atoms with van der Waals surface area (Å²) in [7, 11) is 1.53. The third kappa shape index (κ3) is 2.18. The second kappa shape index (κ2) is 5.09. The van der Waals surface area contributed by atoms with Gasteiger partial charge in [-0.25, -0.2) is 4.39 Å². The van der Waals surface area contributed by atoms with Gasteiger partial charge in [0.25, 0.3) is 5.56 Å². The van der Waals surface area contributed by atoms with Crippen LogP contribution in [-0.2, 0) is 7.05 Å². The van der Waals surface area contributed by atoms with E-state index in [1.807, 2.05) is 0 Å². The van der Waals surface area contributed by atoms with Crippen molar-refractivity contribution >= 4 is 27.6 Å². The molecule has 0 atom stereocenters. The van der Waals surface area contributed by atoms with Crippen LogP contribution in [0.4, 0.5) is 10.1 Å². The number of hydrogen-bond acceptors (Lipinski definition) is 5. The minimum Gasteiger partial charge on any atom is -0.454 e. The van der Waals surface area contributed by atoms with Crippen LogP contribution in [0.25, 0.3) is 21.9 Å². The van der Waals surface area contributed by atoms with Crippen LogP contribution < -0.4 is 16.0 Å². The molecule has 0 radical (unpaired) electrons. The molecule has 2 heterocycles. The molecule has 7 heteroatoms. The predicted octanol–water partition coefficient (Wildman–Crippen LogP) is 3.19. The van der Waals surface area contributed by atoms with E-state index in [0.717, 1.165) is 4.74 Å². The summed E-state index contributed by atoms with van der Waals surface area (Å²) in [4.78, 5) is 16.3. The van der Waals surface area contributed by atoms with Crippen molar-refractivity contribution in [2.75, 3.05) is 5.73 Å². The lowest BCUT2D eigenvalue weighted by Gasteiger charge is -2.09. The average molecular weight is 325 g/mol. The van der Waals surface area contributed by atoms with Gasteiger partial charge in [0.1, 0.15) is 5.75 Å². The van der Waals surface area contributed by atoms with E-state index < -0.39 is 5.82 Å². The SMILES string of the molecule is Cn1oc2cc3nccc(Oc4ccc(N)cc4F)c3cc2c1=O. The lowest BCUT2D eigenvalue weighted by atomic mass is 10.1. The minimum absolute atomic E-state index is 0.0388. The molecule has 24 heavy (non-hydrogen) atoms. The number of ether oxygens (including phenoxy) is 1. The van der Waals surface area contributed by atoms with Gasteiger partial charge in [0.2, 0.25) is 0 Å². The Bertz CT molecular complexity index is 1150. The molecule has 0 bridgehead atoms. The van der Waals surface area contributed by atoms with Gasteiger partial charge in [-0.15, -0.1) is 0 Å². The number of hydrogen-bond donors (Lipinski definition) is 1. The molecular weight excluding hydrogens is 313 g/mol. The highest BCUT2D eigenvalue weighted by Gasteiger charge is 2.13. The van der Waals surface area contributed by atoms with Crippen molar-refractivity contribution in [2.45, 2.75) is 0 Å². The van der Waals surface area contributed by atoms with Crippen LogP contribution in [0, 0.1) is 5.82 Å². The second-order valence-corrected chi connectivity index (χ2v) is 5.36. The van der Waals surface area contributed by atoms with E-state index in [1.165, 1.54) is 19.2 Å². The minimum atomic E-state index is -0.569. The van der Waals surface area contributed by atoms with Crippen LogP contribution in [0.5, 0.6) is 11.5 Å². The maximum Gasteiger partial charge on any atom is 0.290 e. The first-order chi connectivity index (χ1) is 11.5. The molecule has 4 rings (SSSR count). The molecule has 120 valence electrons. The molecule has 2 N–H and O–H groups in total. The van der Waals surface area contributed by atoms with Gasteiger partial charge in [-0.3, -0.25) is 9.78 Å². The highest BCUT2D eigenvalue weighted by molar-refractivity contribution is 5.96.